The van der Waals surface area contributed by atoms with Crippen molar-refractivity contribution in [1.29, 1.82) is 0 Å². The highest BCUT2D eigenvalue weighted by Crippen LogP contribution is 1.83. The van der Waals surface area contributed by atoms with Crippen LogP contribution in [0.2, 0.25) is 0 Å². The van der Waals surface area contributed by atoms with Gasteiger partial charge in [-0.3, -0.25) is 9.59 Å². The maximum atomic E-state index is 11.0. The molecular weight excluding hydrogens is 218 g/mol. The summed E-state index contributed by atoms with van der Waals surface area (Å²) in [6.45, 7) is 0.181. The molecule has 0 atom stereocenters. The zero-order valence-electron chi connectivity index (χ0n) is 8.69. The van der Waals surface area contributed by atoms with E-state index in [1.54, 1.807) is 0 Å². The molecule has 0 heterocycles. The zero-order chi connectivity index (χ0) is 12.4. The second-order valence-corrected chi connectivity index (χ2v) is 2.77. The Morgan fingerprint density at radius 3 is 2.50 bits per heavy atom. The molecule has 92 valence electrons. The van der Waals surface area contributed by atoms with Crippen molar-refractivity contribution in [3.8, 4) is 0 Å². The number of ether oxygens (including phenoxy) is 1. The summed E-state index contributed by atoms with van der Waals surface area (Å²) in [6.07, 6.45) is -1.10. The molecule has 0 aliphatic rings. The maximum absolute atomic E-state index is 11.0. The first-order valence-corrected chi connectivity index (χ1v) is 4.65. The minimum atomic E-state index is -1.06. The summed E-state index contributed by atoms with van der Waals surface area (Å²) in [6, 6.07) is 0. The van der Waals surface area contributed by atoms with Gasteiger partial charge in [0.15, 0.2) is 0 Å². The fraction of sp³-hybridized carbons (Fsp3) is 0.625. The predicted molar refractivity (Wildman–Crippen MR) is 53.7 cm³/mol. The Bertz CT molecular complexity index is 256. The highest BCUT2D eigenvalue weighted by atomic mass is 16.5. The Labute approximate surface area is 92.1 Å². The molecule has 0 rings (SSSR count). The Kier molecular flexibility index (Phi) is 7.51. The third-order valence-electron chi connectivity index (χ3n) is 1.41. The number of carbonyl (C=O) groups excluding carboxylic acids is 2. The molecule has 0 saturated carbocycles. The lowest BCUT2D eigenvalue weighted by atomic mass is 10.5. The second kappa shape index (κ2) is 8.48. The Morgan fingerprint density at radius 1 is 1.25 bits per heavy atom. The monoisotopic (exact) mass is 233 g/mol. The minimum Gasteiger partial charge on any atom is -0.481 e. The van der Waals surface area contributed by atoms with Crippen LogP contribution < -0.4 is 16.4 Å². The van der Waals surface area contributed by atoms with E-state index < -0.39 is 12.1 Å². The third-order valence-corrected chi connectivity index (χ3v) is 1.41. The SMILES string of the molecule is NCCNC(=O)CNC(=O)OCCC(=O)O. The van der Waals surface area contributed by atoms with Gasteiger partial charge in [-0.25, -0.2) is 4.79 Å². The number of hydrogen-bond acceptors (Lipinski definition) is 5. The fourth-order valence-electron chi connectivity index (χ4n) is 0.709. The number of nitrogens with one attached hydrogen (secondary N) is 2. The zero-order valence-corrected chi connectivity index (χ0v) is 8.69. The highest BCUT2D eigenvalue weighted by Gasteiger charge is 2.06. The van der Waals surface area contributed by atoms with Crippen LogP contribution in [-0.2, 0) is 14.3 Å². The van der Waals surface area contributed by atoms with Crippen LogP contribution in [0.5, 0.6) is 0 Å². The van der Waals surface area contributed by atoms with Crippen LogP contribution >= 0.6 is 0 Å². The van der Waals surface area contributed by atoms with Crippen LogP contribution in [0.3, 0.4) is 0 Å². The Morgan fingerprint density at radius 2 is 1.94 bits per heavy atom. The molecule has 0 unspecified atom stereocenters. The van der Waals surface area contributed by atoms with Crippen LogP contribution in [0.4, 0.5) is 4.79 Å². The lowest BCUT2D eigenvalue weighted by Crippen LogP contribution is -2.39. The van der Waals surface area contributed by atoms with Gasteiger partial charge in [-0.05, 0) is 0 Å². The number of rotatable bonds is 7. The number of carbonyl (C=O) groups is 3. The van der Waals surface area contributed by atoms with Crippen LogP contribution in [0.25, 0.3) is 0 Å². The highest BCUT2D eigenvalue weighted by molar-refractivity contribution is 5.82. The van der Waals surface area contributed by atoms with Gasteiger partial charge in [0.05, 0.1) is 13.0 Å². The van der Waals surface area contributed by atoms with E-state index in [1.165, 1.54) is 0 Å². The summed E-state index contributed by atoms with van der Waals surface area (Å²) in [4.78, 5) is 31.9. The van der Waals surface area contributed by atoms with Crippen molar-refractivity contribution in [2.24, 2.45) is 5.73 Å². The number of alkyl carbamates (subject to hydrolysis) is 1. The summed E-state index contributed by atoms with van der Waals surface area (Å²) in [5.41, 5.74) is 5.14. The standard InChI is InChI=1S/C8H15N3O5/c9-2-3-10-6(12)5-11-8(15)16-4-1-7(13)14/h1-5,9H2,(H,10,12)(H,11,15)(H,13,14). The summed E-state index contributed by atoms with van der Waals surface area (Å²) in [5.74, 6) is -1.45. The number of hydrogen-bond donors (Lipinski definition) is 4. The van der Waals surface area contributed by atoms with Gasteiger partial charge >= 0.3 is 12.1 Å². The van der Waals surface area contributed by atoms with Crippen molar-refractivity contribution in [3.63, 3.8) is 0 Å². The molecule has 0 radical (unpaired) electrons. The number of aliphatic carboxylic acids is 1. The quantitative estimate of drug-likeness (QED) is 0.413. The van der Waals surface area contributed by atoms with Gasteiger partial charge in [0.2, 0.25) is 5.91 Å². The molecule has 0 aliphatic carbocycles. The maximum Gasteiger partial charge on any atom is 0.407 e. The smallest absolute Gasteiger partial charge is 0.407 e. The van der Waals surface area contributed by atoms with Gasteiger partial charge in [-0.15, -0.1) is 0 Å². The van der Waals surface area contributed by atoms with Crippen molar-refractivity contribution in [2.45, 2.75) is 6.42 Å². The summed E-state index contributed by atoms with van der Waals surface area (Å²) < 4.78 is 4.47. The first-order valence-electron chi connectivity index (χ1n) is 4.65. The fourth-order valence-corrected chi connectivity index (χ4v) is 0.709. The molecular formula is C8H15N3O5. The lowest BCUT2D eigenvalue weighted by Gasteiger charge is -2.06. The molecule has 8 nitrogen and oxygen atoms in total. The van der Waals surface area contributed by atoms with Gasteiger partial charge < -0.3 is 26.2 Å². The van der Waals surface area contributed by atoms with Crippen molar-refractivity contribution < 1.29 is 24.2 Å². The normalized spacial score (nSPS) is 9.31. The van der Waals surface area contributed by atoms with E-state index in [9.17, 15) is 14.4 Å². The van der Waals surface area contributed by atoms with Crippen molar-refractivity contribution in [1.82, 2.24) is 10.6 Å². The lowest BCUT2D eigenvalue weighted by molar-refractivity contribution is -0.137. The molecule has 5 N–H and O–H groups in total. The number of carboxylic acids is 1. The van der Waals surface area contributed by atoms with Crippen LogP contribution in [0.1, 0.15) is 6.42 Å². The molecule has 2 amide bonds. The van der Waals surface area contributed by atoms with E-state index in [2.05, 4.69) is 15.4 Å². The number of amides is 2. The van der Waals surface area contributed by atoms with Gasteiger partial charge in [-0.2, -0.15) is 0 Å². The topological polar surface area (TPSA) is 131 Å². The van der Waals surface area contributed by atoms with Crippen LogP contribution in [-0.4, -0.2) is 49.3 Å². The second-order valence-electron chi connectivity index (χ2n) is 2.77. The Hall–Kier alpha value is -1.83. The Balaban J connectivity index is 3.49. The largest absolute Gasteiger partial charge is 0.481 e. The molecule has 0 aliphatic heterocycles. The van der Waals surface area contributed by atoms with E-state index in [0.717, 1.165) is 0 Å². The predicted octanol–water partition coefficient (Wildman–Crippen LogP) is -1.74. The molecule has 0 spiro atoms. The van der Waals surface area contributed by atoms with Crippen LogP contribution in [0.15, 0.2) is 0 Å². The third kappa shape index (κ3) is 8.75. The average Bonchev–Trinajstić information content (AvgIpc) is 2.23. The molecule has 0 saturated heterocycles. The molecule has 0 bridgehead atoms. The summed E-state index contributed by atoms with van der Waals surface area (Å²) in [7, 11) is 0. The van der Waals surface area contributed by atoms with E-state index in [4.69, 9.17) is 10.8 Å². The molecule has 0 fully saturated rings. The van der Waals surface area contributed by atoms with E-state index in [1.807, 2.05) is 0 Å². The summed E-state index contributed by atoms with van der Waals surface area (Å²) in [5, 5.41) is 12.8. The van der Waals surface area contributed by atoms with Gasteiger partial charge in [0.25, 0.3) is 0 Å². The van der Waals surface area contributed by atoms with Crippen molar-refractivity contribution >= 4 is 18.0 Å². The van der Waals surface area contributed by atoms with Gasteiger partial charge in [-0.1, -0.05) is 0 Å². The van der Waals surface area contributed by atoms with Crippen molar-refractivity contribution in [2.75, 3.05) is 26.2 Å². The minimum absolute atomic E-state index is 0.230. The first-order chi connectivity index (χ1) is 7.56. The van der Waals surface area contributed by atoms with Gasteiger partial charge in [0.1, 0.15) is 6.61 Å². The molecule has 16 heavy (non-hydrogen) atoms. The van der Waals surface area contributed by atoms with E-state index >= 15 is 0 Å². The molecule has 8 heteroatoms. The molecule has 0 aromatic heterocycles. The molecule has 0 aromatic rings. The first kappa shape index (κ1) is 14.2. The van der Waals surface area contributed by atoms with Gasteiger partial charge in [0, 0.05) is 13.1 Å². The van der Waals surface area contributed by atoms with E-state index in [-0.39, 0.29) is 25.5 Å². The number of carboxylic acid groups (broad SMARTS) is 1. The van der Waals surface area contributed by atoms with E-state index in [0.29, 0.717) is 13.1 Å². The number of nitrogens with two attached hydrogens (primary N) is 1. The summed E-state index contributed by atoms with van der Waals surface area (Å²) >= 11 is 0. The van der Waals surface area contributed by atoms with Crippen LogP contribution in [0, 0.1) is 0 Å². The molecule has 0 aromatic carbocycles. The van der Waals surface area contributed by atoms with Crippen molar-refractivity contribution in [3.05, 3.63) is 0 Å². The average molecular weight is 233 g/mol.